The number of rotatable bonds is 7. The number of para-hydroxylation sites is 1. The second kappa shape index (κ2) is 7.30. The molecule has 0 unspecified atom stereocenters. The monoisotopic (exact) mass is 207 g/mol. The van der Waals surface area contributed by atoms with Gasteiger partial charge in [0.25, 0.3) is 0 Å². The quantitative estimate of drug-likeness (QED) is 0.681. The van der Waals surface area contributed by atoms with E-state index >= 15 is 0 Å². The molecule has 1 rings (SSSR count). The van der Waals surface area contributed by atoms with Crippen LogP contribution in [0, 0.1) is 0 Å². The van der Waals surface area contributed by atoms with Gasteiger partial charge in [-0.3, -0.25) is 0 Å². The summed E-state index contributed by atoms with van der Waals surface area (Å²) < 4.78 is 5.61. The Bertz CT molecular complexity index is 248. The van der Waals surface area contributed by atoms with E-state index in [0.717, 1.165) is 25.4 Å². The maximum Gasteiger partial charge on any atom is 0.119 e. The number of unbranched alkanes of at least 4 members (excludes halogenated alkanes) is 1. The molecule has 84 valence electrons. The van der Waals surface area contributed by atoms with Crippen molar-refractivity contribution in [3.05, 3.63) is 30.3 Å². The molecule has 0 radical (unpaired) electrons. The lowest BCUT2D eigenvalue weighted by Crippen LogP contribution is -2.25. The average Bonchev–Trinajstić information content (AvgIpc) is 2.28. The number of likely N-dealkylation sites (N-methyl/N-ethyl adjacent to an activating group) is 1. The maximum absolute atomic E-state index is 5.61. The molecule has 15 heavy (non-hydrogen) atoms. The van der Waals surface area contributed by atoms with E-state index in [1.165, 1.54) is 12.8 Å². The third-order valence-electron chi connectivity index (χ3n) is 2.38. The lowest BCUT2D eigenvalue weighted by molar-refractivity contribution is 0.235. The van der Waals surface area contributed by atoms with E-state index in [2.05, 4.69) is 18.9 Å². The van der Waals surface area contributed by atoms with Gasteiger partial charge in [-0.05, 0) is 32.1 Å². The molecule has 0 aliphatic carbocycles. The molecule has 2 nitrogen and oxygen atoms in total. The second-order valence-corrected chi connectivity index (χ2v) is 3.82. The van der Waals surface area contributed by atoms with Crippen molar-refractivity contribution in [3.8, 4) is 5.75 Å². The fourth-order valence-corrected chi connectivity index (χ4v) is 1.38. The molecular weight excluding hydrogens is 186 g/mol. The van der Waals surface area contributed by atoms with Crippen LogP contribution in [0.25, 0.3) is 0 Å². The van der Waals surface area contributed by atoms with Gasteiger partial charge in [0, 0.05) is 6.54 Å². The van der Waals surface area contributed by atoms with Crippen molar-refractivity contribution in [3.63, 3.8) is 0 Å². The Morgan fingerprint density at radius 3 is 2.53 bits per heavy atom. The van der Waals surface area contributed by atoms with Gasteiger partial charge in [-0.15, -0.1) is 0 Å². The topological polar surface area (TPSA) is 12.5 Å². The summed E-state index contributed by atoms with van der Waals surface area (Å²) in [4.78, 5) is 2.31. The van der Waals surface area contributed by atoms with Gasteiger partial charge in [0.1, 0.15) is 12.4 Å². The van der Waals surface area contributed by atoms with E-state index < -0.39 is 0 Å². The van der Waals surface area contributed by atoms with E-state index in [0.29, 0.717) is 0 Å². The molecule has 0 aliphatic heterocycles. The van der Waals surface area contributed by atoms with E-state index in [1.54, 1.807) is 0 Å². The van der Waals surface area contributed by atoms with Gasteiger partial charge in [0.05, 0.1) is 0 Å². The van der Waals surface area contributed by atoms with Crippen LogP contribution in [0.1, 0.15) is 19.8 Å². The summed E-state index contributed by atoms with van der Waals surface area (Å²) >= 11 is 0. The first-order valence-corrected chi connectivity index (χ1v) is 5.69. The van der Waals surface area contributed by atoms with Crippen molar-refractivity contribution in [1.82, 2.24) is 4.90 Å². The van der Waals surface area contributed by atoms with Gasteiger partial charge in [0.2, 0.25) is 0 Å². The number of ether oxygens (including phenoxy) is 1. The van der Waals surface area contributed by atoms with E-state index in [1.807, 2.05) is 30.3 Å². The summed E-state index contributed by atoms with van der Waals surface area (Å²) in [5, 5.41) is 0. The first kappa shape index (κ1) is 12.1. The van der Waals surface area contributed by atoms with Crippen LogP contribution >= 0.6 is 0 Å². The van der Waals surface area contributed by atoms with Crippen LogP contribution in [0.15, 0.2) is 30.3 Å². The van der Waals surface area contributed by atoms with Crippen LogP contribution in [-0.2, 0) is 0 Å². The molecular formula is C13H21NO. The largest absolute Gasteiger partial charge is 0.492 e. The van der Waals surface area contributed by atoms with E-state index in [-0.39, 0.29) is 0 Å². The molecule has 0 bridgehead atoms. The number of hydrogen-bond donors (Lipinski definition) is 0. The molecule has 0 heterocycles. The molecule has 0 atom stereocenters. The molecule has 0 aliphatic rings. The van der Waals surface area contributed by atoms with Gasteiger partial charge in [0.15, 0.2) is 0 Å². The molecule has 0 saturated heterocycles. The van der Waals surface area contributed by atoms with Crippen LogP contribution in [-0.4, -0.2) is 31.6 Å². The Kier molecular flexibility index (Phi) is 5.86. The predicted molar refractivity (Wildman–Crippen MR) is 64.3 cm³/mol. The lowest BCUT2D eigenvalue weighted by Gasteiger charge is -2.16. The maximum atomic E-state index is 5.61. The Morgan fingerprint density at radius 2 is 1.87 bits per heavy atom. The van der Waals surface area contributed by atoms with Crippen molar-refractivity contribution in [2.75, 3.05) is 26.7 Å². The summed E-state index contributed by atoms with van der Waals surface area (Å²) in [6.45, 7) is 5.14. The van der Waals surface area contributed by atoms with Gasteiger partial charge >= 0.3 is 0 Å². The lowest BCUT2D eigenvalue weighted by atomic mass is 10.3. The molecule has 0 N–H and O–H groups in total. The first-order valence-electron chi connectivity index (χ1n) is 5.69. The minimum atomic E-state index is 0.768. The highest BCUT2D eigenvalue weighted by Gasteiger charge is 1.97. The molecule has 0 saturated carbocycles. The van der Waals surface area contributed by atoms with Gasteiger partial charge < -0.3 is 9.64 Å². The molecule has 1 aromatic carbocycles. The predicted octanol–water partition coefficient (Wildman–Crippen LogP) is 2.80. The molecule has 2 heteroatoms. The van der Waals surface area contributed by atoms with Crippen LogP contribution < -0.4 is 4.74 Å². The van der Waals surface area contributed by atoms with Crippen molar-refractivity contribution >= 4 is 0 Å². The highest BCUT2D eigenvalue weighted by molar-refractivity contribution is 5.20. The zero-order valence-electron chi connectivity index (χ0n) is 9.78. The molecule has 1 aromatic rings. The fraction of sp³-hybridized carbons (Fsp3) is 0.538. The average molecular weight is 207 g/mol. The van der Waals surface area contributed by atoms with E-state index in [9.17, 15) is 0 Å². The molecule has 0 fully saturated rings. The van der Waals surface area contributed by atoms with Gasteiger partial charge in [-0.2, -0.15) is 0 Å². The summed E-state index contributed by atoms with van der Waals surface area (Å²) in [7, 11) is 2.14. The van der Waals surface area contributed by atoms with Crippen molar-refractivity contribution in [2.24, 2.45) is 0 Å². The fourth-order valence-electron chi connectivity index (χ4n) is 1.38. The molecule has 0 spiro atoms. The minimum Gasteiger partial charge on any atom is -0.492 e. The Hall–Kier alpha value is -1.02. The third kappa shape index (κ3) is 5.43. The molecule has 0 aromatic heterocycles. The molecule has 0 amide bonds. The van der Waals surface area contributed by atoms with Crippen LogP contribution in [0.5, 0.6) is 5.75 Å². The van der Waals surface area contributed by atoms with Crippen LogP contribution in [0.3, 0.4) is 0 Å². The highest BCUT2D eigenvalue weighted by atomic mass is 16.5. The van der Waals surface area contributed by atoms with Crippen molar-refractivity contribution < 1.29 is 4.74 Å². The Morgan fingerprint density at radius 1 is 1.13 bits per heavy atom. The summed E-state index contributed by atoms with van der Waals surface area (Å²) in [5.74, 6) is 0.960. The highest BCUT2D eigenvalue weighted by Crippen LogP contribution is 2.07. The number of nitrogens with zero attached hydrogens (tertiary/aromatic N) is 1. The minimum absolute atomic E-state index is 0.768. The second-order valence-electron chi connectivity index (χ2n) is 3.82. The van der Waals surface area contributed by atoms with Crippen molar-refractivity contribution in [1.29, 1.82) is 0 Å². The smallest absolute Gasteiger partial charge is 0.119 e. The summed E-state index contributed by atoms with van der Waals surface area (Å²) in [6.07, 6.45) is 2.52. The van der Waals surface area contributed by atoms with E-state index in [4.69, 9.17) is 4.74 Å². The van der Waals surface area contributed by atoms with Crippen LogP contribution in [0.2, 0.25) is 0 Å². The third-order valence-corrected chi connectivity index (χ3v) is 2.38. The zero-order valence-corrected chi connectivity index (χ0v) is 9.78. The summed E-state index contributed by atoms with van der Waals surface area (Å²) in [5.41, 5.74) is 0. The number of hydrogen-bond acceptors (Lipinski definition) is 2. The van der Waals surface area contributed by atoms with Gasteiger partial charge in [-0.1, -0.05) is 31.5 Å². The first-order chi connectivity index (χ1) is 7.33. The zero-order chi connectivity index (χ0) is 10.9. The normalized spacial score (nSPS) is 10.6. The van der Waals surface area contributed by atoms with Crippen LogP contribution in [0.4, 0.5) is 0 Å². The Balaban J connectivity index is 2.11. The summed E-state index contributed by atoms with van der Waals surface area (Å²) in [6, 6.07) is 9.98. The van der Waals surface area contributed by atoms with Crippen molar-refractivity contribution in [2.45, 2.75) is 19.8 Å². The van der Waals surface area contributed by atoms with Gasteiger partial charge in [-0.25, -0.2) is 0 Å². The standard InChI is InChI=1S/C13H21NO/c1-3-4-10-14(2)11-12-15-13-8-6-5-7-9-13/h5-9H,3-4,10-12H2,1-2H3. The SMILES string of the molecule is CCCCN(C)CCOc1ccccc1. The number of benzene rings is 1. The Labute approximate surface area is 92.9 Å².